The molecule has 0 aromatic rings. The molecule has 70 valence electrons. The molecule has 13 heavy (non-hydrogen) atoms. The minimum atomic E-state index is -1.27. The predicted octanol–water partition coefficient (Wildman–Crippen LogP) is 0.00940. The van der Waals surface area contributed by atoms with E-state index in [9.17, 15) is 10.2 Å². The molecular formula is C9H14BNO2. The van der Waals surface area contributed by atoms with Gasteiger partial charge in [0, 0.05) is 18.0 Å². The van der Waals surface area contributed by atoms with Crippen molar-refractivity contribution >= 4 is 7.85 Å². The minimum Gasteiger partial charge on any atom is -0.513 e. The molecule has 1 aliphatic carbocycles. The summed E-state index contributed by atoms with van der Waals surface area (Å²) in [6, 6.07) is -0.0385. The first kappa shape index (κ1) is 9.09. The number of hydrogen-bond acceptors (Lipinski definition) is 3. The highest BCUT2D eigenvalue weighted by Gasteiger charge is 2.45. The average Bonchev–Trinajstić information content (AvgIpc) is 2.29. The molecular weight excluding hydrogens is 165 g/mol. The Labute approximate surface area is 79.5 Å². The second kappa shape index (κ2) is 2.76. The fourth-order valence-electron chi connectivity index (χ4n) is 2.60. The van der Waals surface area contributed by atoms with Crippen molar-refractivity contribution in [2.45, 2.75) is 24.4 Å². The molecule has 0 spiro atoms. The van der Waals surface area contributed by atoms with E-state index in [0.29, 0.717) is 0 Å². The highest BCUT2D eigenvalue weighted by molar-refractivity contribution is 6.15. The zero-order valence-electron chi connectivity index (χ0n) is 7.77. The third kappa shape index (κ3) is 1.38. The number of nitrogens with zero attached hydrogens (tertiary/aromatic N) is 1. The third-order valence-corrected chi connectivity index (χ3v) is 3.08. The second-order valence-electron chi connectivity index (χ2n) is 4.20. The molecule has 0 saturated carbocycles. The van der Waals surface area contributed by atoms with Gasteiger partial charge in [-0.3, -0.25) is 0 Å². The van der Waals surface area contributed by atoms with E-state index in [2.05, 4.69) is 4.90 Å². The molecule has 1 aliphatic heterocycles. The summed E-state index contributed by atoms with van der Waals surface area (Å²) in [6.07, 6.45) is 2.96. The van der Waals surface area contributed by atoms with Gasteiger partial charge >= 0.3 is 0 Å². The van der Waals surface area contributed by atoms with Crippen molar-refractivity contribution in [1.82, 2.24) is 4.90 Å². The first-order valence-corrected chi connectivity index (χ1v) is 4.62. The largest absolute Gasteiger partial charge is 0.513 e. The van der Waals surface area contributed by atoms with Crippen molar-refractivity contribution in [2.75, 3.05) is 13.6 Å². The van der Waals surface area contributed by atoms with E-state index in [1.165, 1.54) is 0 Å². The lowest BCUT2D eigenvalue weighted by atomic mass is 9.66. The summed E-state index contributed by atoms with van der Waals surface area (Å²) >= 11 is 0. The van der Waals surface area contributed by atoms with Crippen molar-refractivity contribution in [1.29, 1.82) is 0 Å². The van der Waals surface area contributed by atoms with Gasteiger partial charge < -0.3 is 15.1 Å². The molecule has 2 radical (unpaired) electrons. The van der Waals surface area contributed by atoms with Gasteiger partial charge in [-0.2, -0.15) is 0 Å². The maximum absolute atomic E-state index is 9.92. The number of aliphatic hydroxyl groups is 2. The van der Waals surface area contributed by atoms with E-state index < -0.39 is 5.50 Å². The molecule has 4 heteroatoms. The number of likely N-dealkylation sites (N-methyl/N-ethyl adjacent to an activating group) is 1. The highest BCUT2D eigenvalue weighted by Crippen LogP contribution is 2.37. The van der Waals surface area contributed by atoms with E-state index in [-0.39, 0.29) is 24.1 Å². The Balaban J connectivity index is 2.31. The summed E-state index contributed by atoms with van der Waals surface area (Å²) in [5, 5.41) is 19.3. The van der Waals surface area contributed by atoms with Crippen molar-refractivity contribution in [3.63, 3.8) is 0 Å². The molecule has 2 N–H and O–H groups in total. The molecule has 2 rings (SSSR count). The number of fused-ring (bicyclic) bond motifs is 1. The molecule has 1 heterocycles. The lowest BCUT2D eigenvalue weighted by molar-refractivity contribution is 0.0185. The molecule has 0 bridgehead atoms. The van der Waals surface area contributed by atoms with Gasteiger partial charge in [0.2, 0.25) is 0 Å². The van der Waals surface area contributed by atoms with Crippen LogP contribution in [0.5, 0.6) is 0 Å². The molecule has 3 unspecified atom stereocenters. The molecule has 0 aromatic heterocycles. The summed E-state index contributed by atoms with van der Waals surface area (Å²) in [5.74, 6) is 0.426. The number of hydrogen-bond donors (Lipinski definition) is 2. The minimum absolute atomic E-state index is 0.0385. The smallest absolute Gasteiger partial charge is 0.116 e. The number of aliphatic hydroxyl groups excluding tert-OH is 1. The molecule has 0 amide bonds. The Morgan fingerprint density at radius 1 is 1.69 bits per heavy atom. The van der Waals surface area contributed by atoms with Crippen LogP contribution in [0.4, 0.5) is 0 Å². The van der Waals surface area contributed by atoms with Crippen LogP contribution in [-0.4, -0.2) is 48.1 Å². The summed E-state index contributed by atoms with van der Waals surface area (Å²) in [7, 11) is 7.71. The van der Waals surface area contributed by atoms with E-state index in [0.717, 1.165) is 13.0 Å². The fourth-order valence-corrected chi connectivity index (χ4v) is 2.60. The van der Waals surface area contributed by atoms with Crippen LogP contribution >= 0.6 is 0 Å². The first-order valence-electron chi connectivity index (χ1n) is 4.62. The lowest BCUT2D eigenvalue weighted by Gasteiger charge is -2.40. The van der Waals surface area contributed by atoms with Gasteiger partial charge in [-0.05, 0) is 32.0 Å². The Morgan fingerprint density at radius 3 is 3.08 bits per heavy atom. The summed E-state index contributed by atoms with van der Waals surface area (Å²) in [4.78, 5) is 2.06. The monoisotopic (exact) mass is 179 g/mol. The number of rotatable bonds is 0. The molecule has 3 nitrogen and oxygen atoms in total. The lowest BCUT2D eigenvalue weighted by Crippen LogP contribution is -2.53. The van der Waals surface area contributed by atoms with Crippen LogP contribution < -0.4 is 0 Å². The van der Waals surface area contributed by atoms with Crippen LogP contribution in [0.2, 0.25) is 0 Å². The standard InChI is InChI=1S/C9H14BNO2/c1-11-3-2-6-4-7(12)5-9(10,13)8(6)11/h4,6,8,12-13H,2-3,5H2,1H3. The van der Waals surface area contributed by atoms with Gasteiger partial charge in [0.1, 0.15) is 7.85 Å². The van der Waals surface area contributed by atoms with Crippen LogP contribution in [0, 0.1) is 5.92 Å². The average molecular weight is 179 g/mol. The van der Waals surface area contributed by atoms with Crippen molar-refractivity contribution in [3.8, 4) is 0 Å². The molecule has 3 atom stereocenters. The zero-order valence-corrected chi connectivity index (χ0v) is 7.77. The van der Waals surface area contributed by atoms with E-state index in [4.69, 9.17) is 7.85 Å². The second-order valence-corrected chi connectivity index (χ2v) is 4.20. The summed E-state index contributed by atoms with van der Waals surface area (Å²) < 4.78 is 0. The normalized spacial score (nSPS) is 45.8. The SMILES string of the molecule is [B]C1(O)CC(O)=CC2CCN(C)C21. The van der Waals surface area contributed by atoms with E-state index in [1.54, 1.807) is 0 Å². The maximum Gasteiger partial charge on any atom is 0.116 e. The summed E-state index contributed by atoms with van der Waals surface area (Å²) in [6.45, 7) is 0.929. The Morgan fingerprint density at radius 2 is 2.38 bits per heavy atom. The van der Waals surface area contributed by atoms with Crippen LogP contribution in [-0.2, 0) is 0 Å². The Kier molecular flexibility index (Phi) is 1.93. The topological polar surface area (TPSA) is 43.7 Å². The van der Waals surface area contributed by atoms with E-state index >= 15 is 0 Å². The summed E-state index contributed by atoms with van der Waals surface area (Å²) in [5.41, 5.74) is -1.27. The predicted molar refractivity (Wildman–Crippen MR) is 50.6 cm³/mol. The van der Waals surface area contributed by atoms with E-state index in [1.807, 2.05) is 13.1 Å². The Bertz CT molecular complexity index is 252. The molecule has 2 aliphatic rings. The van der Waals surface area contributed by atoms with Crippen molar-refractivity contribution < 1.29 is 10.2 Å². The molecule has 1 saturated heterocycles. The first-order chi connectivity index (χ1) is 6.00. The van der Waals surface area contributed by atoms with Gasteiger partial charge in [0.15, 0.2) is 0 Å². The van der Waals surface area contributed by atoms with Crippen LogP contribution in [0.3, 0.4) is 0 Å². The fraction of sp³-hybridized carbons (Fsp3) is 0.778. The highest BCUT2D eigenvalue weighted by atomic mass is 16.3. The van der Waals surface area contributed by atoms with Crippen molar-refractivity contribution in [2.24, 2.45) is 5.92 Å². The van der Waals surface area contributed by atoms with Crippen LogP contribution in [0.15, 0.2) is 11.8 Å². The van der Waals surface area contributed by atoms with Gasteiger partial charge in [0.05, 0.1) is 5.76 Å². The van der Waals surface area contributed by atoms with Crippen LogP contribution in [0.1, 0.15) is 12.8 Å². The Hall–Kier alpha value is -0.475. The molecule has 0 aromatic carbocycles. The zero-order chi connectivity index (χ0) is 9.64. The van der Waals surface area contributed by atoms with Crippen molar-refractivity contribution in [3.05, 3.63) is 11.8 Å². The van der Waals surface area contributed by atoms with Crippen LogP contribution in [0.25, 0.3) is 0 Å². The van der Waals surface area contributed by atoms with Gasteiger partial charge in [0.25, 0.3) is 0 Å². The van der Waals surface area contributed by atoms with Gasteiger partial charge in [-0.15, -0.1) is 0 Å². The third-order valence-electron chi connectivity index (χ3n) is 3.08. The number of likely N-dealkylation sites (tertiary alicyclic amines) is 1. The van der Waals surface area contributed by atoms with Gasteiger partial charge in [-0.25, -0.2) is 0 Å². The molecule has 1 fully saturated rings. The quantitative estimate of drug-likeness (QED) is 0.515. The van der Waals surface area contributed by atoms with Gasteiger partial charge in [-0.1, -0.05) is 0 Å². The maximum atomic E-state index is 9.92.